The molecule has 1 amide bonds. The fourth-order valence-corrected chi connectivity index (χ4v) is 2.20. The topological polar surface area (TPSA) is 63.5 Å². The molecule has 124 valence electrons. The third kappa shape index (κ3) is 4.04. The van der Waals surface area contributed by atoms with Crippen LogP contribution in [-0.2, 0) is 4.79 Å². The smallest absolute Gasteiger partial charge is 0.269 e. The van der Waals surface area contributed by atoms with Gasteiger partial charge in [-0.05, 0) is 24.6 Å². The van der Waals surface area contributed by atoms with Crippen LogP contribution in [0.2, 0.25) is 0 Å². The summed E-state index contributed by atoms with van der Waals surface area (Å²) in [6.45, 7) is 1.77. The van der Waals surface area contributed by atoms with E-state index in [1.807, 2.05) is 0 Å². The monoisotopic (exact) mass is 328 g/mol. The van der Waals surface area contributed by atoms with E-state index < -0.39 is 10.7 Å². The van der Waals surface area contributed by atoms with Crippen LogP contribution in [0.3, 0.4) is 0 Å². The summed E-state index contributed by atoms with van der Waals surface area (Å²) in [4.78, 5) is 24.1. The lowest BCUT2D eigenvalue weighted by Gasteiger charge is -2.24. The number of non-ortho nitro benzene ring substituents is 1. The average molecular weight is 328 g/mol. The fraction of sp³-hybridized carbons (Fsp3) is 0.167. The van der Waals surface area contributed by atoms with Crippen LogP contribution >= 0.6 is 0 Å². The molecule has 5 nitrogen and oxygen atoms in total. The number of nitro benzene ring substituents is 1. The molecule has 6 heteroatoms. The molecule has 0 aliphatic carbocycles. The van der Waals surface area contributed by atoms with Crippen LogP contribution in [0.4, 0.5) is 10.1 Å². The van der Waals surface area contributed by atoms with Crippen molar-refractivity contribution in [2.75, 3.05) is 7.05 Å². The number of halogens is 1. The van der Waals surface area contributed by atoms with Gasteiger partial charge in [0.25, 0.3) is 5.69 Å². The lowest BCUT2D eigenvalue weighted by atomic mass is 10.1. The standard InChI is InChI=1S/C18H17FN2O3/c1-13(15-7-5-8-16(12-15)21(23)24)20(2)18(22)11-10-14-6-3-4-9-17(14)19/h3-13H,1-2H3/b11-10+/t13-/m0/s1. The molecule has 0 heterocycles. The van der Waals surface area contributed by atoms with Crippen molar-refractivity contribution in [3.8, 4) is 0 Å². The highest BCUT2D eigenvalue weighted by molar-refractivity contribution is 5.91. The highest BCUT2D eigenvalue weighted by atomic mass is 19.1. The second kappa shape index (κ2) is 7.50. The number of nitro groups is 1. The molecule has 2 aromatic rings. The fourth-order valence-electron chi connectivity index (χ4n) is 2.20. The molecular formula is C18H17FN2O3. The van der Waals surface area contributed by atoms with Crippen molar-refractivity contribution < 1.29 is 14.1 Å². The first kappa shape index (κ1) is 17.3. The van der Waals surface area contributed by atoms with E-state index in [9.17, 15) is 19.3 Å². The molecule has 0 spiro atoms. The van der Waals surface area contributed by atoms with E-state index in [0.717, 1.165) is 0 Å². The van der Waals surface area contributed by atoms with Crippen molar-refractivity contribution in [2.45, 2.75) is 13.0 Å². The Morgan fingerprint density at radius 2 is 1.96 bits per heavy atom. The van der Waals surface area contributed by atoms with E-state index in [-0.39, 0.29) is 17.6 Å². The Balaban J connectivity index is 2.14. The Kier molecular flexibility index (Phi) is 5.42. The van der Waals surface area contributed by atoms with Gasteiger partial charge < -0.3 is 4.90 Å². The SMILES string of the molecule is C[C@@H](c1cccc([N+](=O)[O-])c1)N(C)C(=O)/C=C/c1ccccc1F. The molecule has 0 bridgehead atoms. The third-order valence-electron chi connectivity index (χ3n) is 3.80. The van der Waals surface area contributed by atoms with Crippen LogP contribution in [0.15, 0.2) is 54.6 Å². The molecule has 0 fully saturated rings. The molecule has 0 aliphatic rings. The van der Waals surface area contributed by atoms with Crippen LogP contribution in [0.5, 0.6) is 0 Å². The molecular weight excluding hydrogens is 311 g/mol. The Bertz CT molecular complexity index is 789. The van der Waals surface area contributed by atoms with Gasteiger partial charge in [-0.3, -0.25) is 14.9 Å². The minimum absolute atomic E-state index is 0.0258. The second-order valence-corrected chi connectivity index (χ2v) is 5.33. The molecule has 0 saturated carbocycles. The quantitative estimate of drug-likeness (QED) is 0.474. The van der Waals surface area contributed by atoms with Crippen LogP contribution in [0.1, 0.15) is 24.1 Å². The van der Waals surface area contributed by atoms with Gasteiger partial charge in [0.05, 0.1) is 11.0 Å². The van der Waals surface area contributed by atoms with E-state index in [0.29, 0.717) is 11.1 Å². The van der Waals surface area contributed by atoms with Crippen LogP contribution < -0.4 is 0 Å². The van der Waals surface area contributed by atoms with Gasteiger partial charge in [-0.1, -0.05) is 30.3 Å². The molecule has 24 heavy (non-hydrogen) atoms. The predicted octanol–water partition coefficient (Wildman–Crippen LogP) is 3.97. The Labute approximate surface area is 139 Å². The molecule has 2 aromatic carbocycles. The van der Waals surface area contributed by atoms with Gasteiger partial charge in [0.1, 0.15) is 5.82 Å². The maximum atomic E-state index is 13.5. The lowest BCUT2D eigenvalue weighted by Crippen LogP contribution is -2.28. The van der Waals surface area contributed by atoms with Crippen molar-refractivity contribution in [3.05, 3.63) is 81.7 Å². The average Bonchev–Trinajstić information content (AvgIpc) is 2.59. The summed E-state index contributed by atoms with van der Waals surface area (Å²) in [7, 11) is 1.59. The van der Waals surface area contributed by atoms with Gasteiger partial charge >= 0.3 is 0 Å². The van der Waals surface area contributed by atoms with Gasteiger partial charge in [-0.25, -0.2) is 4.39 Å². The zero-order valence-corrected chi connectivity index (χ0v) is 13.3. The molecule has 0 aromatic heterocycles. The summed E-state index contributed by atoms with van der Waals surface area (Å²) in [5.74, 6) is -0.729. The minimum atomic E-state index is -0.476. The number of hydrogen-bond donors (Lipinski definition) is 0. The van der Waals surface area contributed by atoms with E-state index in [2.05, 4.69) is 0 Å². The molecule has 0 N–H and O–H groups in total. The number of hydrogen-bond acceptors (Lipinski definition) is 3. The highest BCUT2D eigenvalue weighted by Gasteiger charge is 2.17. The first-order valence-corrected chi connectivity index (χ1v) is 7.34. The van der Waals surface area contributed by atoms with Crippen molar-refractivity contribution >= 4 is 17.7 Å². The van der Waals surface area contributed by atoms with Crippen LogP contribution in [-0.4, -0.2) is 22.8 Å². The summed E-state index contributed by atoms with van der Waals surface area (Å²) < 4.78 is 13.5. The number of rotatable bonds is 5. The van der Waals surface area contributed by atoms with E-state index in [1.165, 1.54) is 35.3 Å². The summed E-state index contributed by atoms with van der Waals surface area (Å²) >= 11 is 0. The van der Waals surface area contributed by atoms with Crippen molar-refractivity contribution in [3.63, 3.8) is 0 Å². The first-order chi connectivity index (χ1) is 11.4. The molecule has 1 atom stereocenters. The highest BCUT2D eigenvalue weighted by Crippen LogP contribution is 2.23. The summed E-state index contributed by atoms with van der Waals surface area (Å²) in [6, 6.07) is 11.9. The van der Waals surface area contributed by atoms with Gasteiger partial charge in [0.15, 0.2) is 0 Å². The Morgan fingerprint density at radius 3 is 2.62 bits per heavy atom. The Hall–Kier alpha value is -3.02. The summed E-state index contributed by atoms with van der Waals surface area (Å²) in [6.07, 6.45) is 2.70. The second-order valence-electron chi connectivity index (χ2n) is 5.33. The normalized spacial score (nSPS) is 12.1. The number of nitrogens with zero attached hydrogens (tertiary/aromatic N) is 2. The molecule has 0 radical (unpaired) electrons. The maximum absolute atomic E-state index is 13.5. The largest absolute Gasteiger partial charge is 0.335 e. The van der Waals surface area contributed by atoms with E-state index in [1.54, 1.807) is 44.3 Å². The predicted molar refractivity (Wildman–Crippen MR) is 89.7 cm³/mol. The third-order valence-corrected chi connectivity index (χ3v) is 3.80. The number of likely N-dealkylation sites (N-methyl/N-ethyl adjacent to an activating group) is 1. The number of carbonyl (C=O) groups is 1. The van der Waals surface area contributed by atoms with Gasteiger partial charge in [-0.15, -0.1) is 0 Å². The van der Waals surface area contributed by atoms with Gasteiger partial charge in [-0.2, -0.15) is 0 Å². The number of benzene rings is 2. The Morgan fingerprint density at radius 1 is 1.25 bits per heavy atom. The molecule has 0 aliphatic heterocycles. The molecule has 0 unspecified atom stereocenters. The number of amides is 1. The zero-order chi connectivity index (χ0) is 17.7. The van der Waals surface area contributed by atoms with Crippen molar-refractivity contribution in [1.82, 2.24) is 4.90 Å². The van der Waals surface area contributed by atoms with E-state index >= 15 is 0 Å². The molecule has 0 saturated heterocycles. The van der Waals surface area contributed by atoms with Crippen LogP contribution in [0, 0.1) is 15.9 Å². The van der Waals surface area contributed by atoms with E-state index in [4.69, 9.17) is 0 Å². The molecule has 2 rings (SSSR count). The van der Waals surface area contributed by atoms with Gasteiger partial charge in [0.2, 0.25) is 5.91 Å². The number of carbonyl (C=O) groups excluding carboxylic acids is 1. The maximum Gasteiger partial charge on any atom is 0.269 e. The van der Waals surface area contributed by atoms with Crippen molar-refractivity contribution in [1.29, 1.82) is 0 Å². The minimum Gasteiger partial charge on any atom is -0.335 e. The summed E-state index contributed by atoms with van der Waals surface area (Å²) in [5.41, 5.74) is 0.948. The first-order valence-electron chi connectivity index (χ1n) is 7.34. The van der Waals surface area contributed by atoms with Crippen LogP contribution in [0.25, 0.3) is 6.08 Å². The summed E-state index contributed by atoms with van der Waals surface area (Å²) in [5, 5.41) is 10.8. The van der Waals surface area contributed by atoms with Gasteiger partial charge in [0, 0.05) is 30.8 Å². The zero-order valence-electron chi connectivity index (χ0n) is 13.3. The lowest BCUT2D eigenvalue weighted by molar-refractivity contribution is -0.384. The van der Waals surface area contributed by atoms with Crippen molar-refractivity contribution in [2.24, 2.45) is 0 Å².